The zero-order chi connectivity index (χ0) is 21.3. The Kier molecular flexibility index (Phi) is 7.78. The molecule has 5 nitrogen and oxygen atoms in total. The van der Waals surface area contributed by atoms with E-state index in [1.807, 2.05) is 12.1 Å². The molecule has 1 heterocycles. The third-order valence-corrected chi connectivity index (χ3v) is 5.32. The number of aromatic nitrogens is 2. The fourth-order valence-corrected chi connectivity index (χ4v) is 3.64. The van der Waals surface area contributed by atoms with Crippen molar-refractivity contribution in [2.75, 3.05) is 26.8 Å². The van der Waals surface area contributed by atoms with Crippen molar-refractivity contribution in [2.24, 2.45) is 0 Å². The SMILES string of the molecule is C#Cc1cnc(C(=O)Cc2ccc(C(=C)CNCCOC)cc2C2=CCCCC2)[nH]1. The molecule has 0 bridgehead atoms. The fraction of sp³-hybridized carbons (Fsp3) is 0.360. The number of hydrogen-bond acceptors (Lipinski definition) is 4. The number of carbonyl (C=O) groups is 1. The number of hydrogen-bond donors (Lipinski definition) is 2. The Morgan fingerprint density at radius 3 is 2.97 bits per heavy atom. The Morgan fingerprint density at radius 1 is 1.40 bits per heavy atom. The predicted octanol–water partition coefficient (Wildman–Crippen LogP) is 4.02. The van der Waals surface area contributed by atoms with E-state index in [4.69, 9.17) is 11.2 Å². The summed E-state index contributed by atoms with van der Waals surface area (Å²) in [6.45, 7) is 6.38. The quantitative estimate of drug-likeness (QED) is 0.357. The zero-order valence-electron chi connectivity index (χ0n) is 17.6. The number of ketones is 1. The van der Waals surface area contributed by atoms with Crippen LogP contribution in [0.4, 0.5) is 0 Å². The minimum absolute atomic E-state index is 0.0676. The van der Waals surface area contributed by atoms with E-state index in [2.05, 4.69) is 39.9 Å². The number of imidazole rings is 1. The van der Waals surface area contributed by atoms with Crippen molar-refractivity contribution in [3.05, 3.63) is 65.3 Å². The number of aromatic amines is 1. The van der Waals surface area contributed by atoms with E-state index in [9.17, 15) is 4.79 Å². The molecule has 5 heteroatoms. The number of H-pyrrole nitrogens is 1. The van der Waals surface area contributed by atoms with E-state index in [-0.39, 0.29) is 12.2 Å². The van der Waals surface area contributed by atoms with E-state index < -0.39 is 0 Å². The minimum Gasteiger partial charge on any atom is -0.383 e. The van der Waals surface area contributed by atoms with Crippen molar-refractivity contribution in [1.29, 1.82) is 0 Å². The maximum Gasteiger partial charge on any atom is 0.202 e. The van der Waals surface area contributed by atoms with Crippen LogP contribution in [0.2, 0.25) is 0 Å². The number of nitrogens with zero attached hydrogens (tertiary/aromatic N) is 1. The number of allylic oxidation sites excluding steroid dienone is 2. The topological polar surface area (TPSA) is 67.0 Å². The van der Waals surface area contributed by atoms with E-state index in [0.717, 1.165) is 41.6 Å². The Morgan fingerprint density at radius 2 is 2.27 bits per heavy atom. The molecule has 0 saturated carbocycles. The lowest BCUT2D eigenvalue weighted by molar-refractivity contribution is 0.0984. The van der Waals surface area contributed by atoms with Gasteiger partial charge in [0.25, 0.3) is 0 Å². The molecule has 2 aromatic rings. The molecule has 1 aromatic carbocycles. The molecule has 1 aliphatic rings. The molecule has 156 valence electrons. The van der Waals surface area contributed by atoms with Crippen LogP contribution < -0.4 is 5.32 Å². The second-order valence-electron chi connectivity index (χ2n) is 7.51. The second kappa shape index (κ2) is 10.7. The summed E-state index contributed by atoms with van der Waals surface area (Å²) in [4.78, 5) is 19.8. The Hall–Kier alpha value is -2.94. The van der Waals surface area contributed by atoms with Crippen molar-refractivity contribution in [2.45, 2.75) is 32.1 Å². The fourth-order valence-electron chi connectivity index (χ4n) is 3.64. The third-order valence-electron chi connectivity index (χ3n) is 5.32. The molecule has 0 radical (unpaired) electrons. The molecule has 0 spiro atoms. The van der Waals surface area contributed by atoms with Crippen LogP contribution in [-0.4, -0.2) is 42.6 Å². The molecule has 1 aromatic heterocycles. The number of nitrogens with one attached hydrogen (secondary N) is 2. The Bertz CT molecular complexity index is 979. The molecule has 1 aliphatic carbocycles. The third kappa shape index (κ3) is 5.56. The number of Topliss-reactive ketones (excluding diaryl/α,β-unsaturated/α-hetero) is 1. The van der Waals surface area contributed by atoms with Gasteiger partial charge in [-0.3, -0.25) is 4.79 Å². The first-order chi connectivity index (χ1) is 14.6. The van der Waals surface area contributed by atoms with Gasteiger partial charge in [-0.2, -0.15) is 0 Å². The van der Waals surface area contributed by atoms with Crippen molar-refractivity contribution >= 4 is 16.9 Å². The van der Waals surface area contributed by atoms with Gasteiger partial charge in [0.1, 0.15) is 5.69 Å². The number of carbonyl (C=O) groups excluding carboxylic acids is 1. The lowest BCUT2D eigenvalue weighted by atomic mass is 9.87. The zero-order valence-corrected chi connectivity index (χ0v) is 17.6. The number of ether oxygens (including phenoxy) is 1. The van der Waals surface area contributed by atoms with E-state index in [1.165, 1.54) is 24.6 Å². The van der Waals surface area contributed by atoms with Gasteiger partial charge < -0.3 is 15.0 Å². The molecular weight excluding hydrogens is 374 g/mol. The van der Waals surface area contributed by atoms with Crippen LogP contribution in [0.1, 0.15) is 58.7 Å². The summed E-state index contributed by atoms with van der Waals surface area (Å²) in [6, 6.07) is 6.27. The Balaban J connectivity index is 1.83. The van der Waals surface area contributed by atoms with Crippen LogP contribution in [0.15, 0.2) is 37.1 Å². The molecule has 30 heavy (non-hydrogen) atoms. The van der Waals surface area contributed by atoms with E-state index in [1.54, 1.807) is 7.11 Å². The lowest BCUT2D eigenvalue weighted by Gasteiger charge is -2.18. The highest BCUT2D eigenvalue weighted by molar-refractivity contribution is 5.95. The summed E-state index contributed by atoms with van der Waals surface area (Å²) in [6.07, 6.45) is 14.0. The van der Waals surface area contributed by atoms with Gasteiger partial charge in [-0.05, 0) is 59.6 Å². The van der Waals surface area contributed by atoms with Gasteiger partial charge >= 0.3 is 0 Å². The molecule has 0 aliphatic heterocycles. The average molecular weight is 404 g/mol. The monoisotopic (exact) mass is 403 g/mol. The number of methoxy groups -OCH3 is 1. The molecule has 0 unspecified atom stereocenters. The first-order valence-electron chi connectivity index (χ1n) is 10.4. The number of terminal acetylenes is 1. The normalized spacial score (nSPS) is 13.5. The number of rotatable bonds is 10. The van der Waals surface area contributed by atoms with Crippen LogP contribution in [0.3, 0.4) is 0 Å². The van der Waals surface area contributed by atoms with Crippen LogP contribution in [0, 0.1) is 12.3 Å². The predicted molar refractivity (Wildman–Crippen MR) is 121 cm³/mol. The van der Waals surface area contributed by atoms with Gasteiger partial charge in [0.05, 0.1) is 12.8 Å². The summed E-state index contributed by atoms with van der Waals surface area (Å²) in [5.74, 6) is 2.71. The summed E-state index contributed by atoms with van der Waals surface area (Å²) < 4.78 is 5.08. The molecule has 0 saturated heterocycles. The van der Waals surface area contributed by atoms with Gasteiger partial charge in [0, 0.05) is 26.6 Å². The summed E-state index contributed by atoms with van der Waals surface area (Å²) in [7, 11) is 1.69. The van der Waals surface area contributed by atoms with Crippen molar-refractivity contribution in [1.82, 2.24) is 15.3 Å². The van der Waals surface area contributed by atoms with Crippen LogP contribution >= 0.6 is 0 Å². The largest absolute Gasteiger partial charge is 0.383 e. The van der Waals surface area contributed by atoms with Gasteiger partial charge in [-0.1, -0.05) is 30.7 Å². The van der Waals surface area contributed by atoms with Gasteiger partial charge in [-0.25, -0.2) is 4.98 Å². The summed E-state index contributed by atoms with van der Waals surface area (Å²) in [5, 5.41) is 3.34. The molecule has 0 atom stereocenters. The smallest absolute Gasteiger partial charge is 0.202 e. The molecule has 0 fully saturated rings. The highest BCUT2D eigenvalue weighted by Gasteiger charge is 2.17. The standard InChI is InChI=1S/C25H29N3O2/c1-4-22-17-27-25(28-22)24(29)15-21-11-10-20(18(2)16-26-12-13-30-3)14-23(21)19-8-6-5-7-9-19/h1,8,10-11,14,17,26H,2,5-7,9,12-13,15-16H2,3H3,(H,27,28). The average Bonchev–Trinajstić information content (AvgIpc) is 3.27. The van der Waals surface area contributed by atoms with Gasteiger partial charge in [0.2, 0.25) is 5.78 Å². The van der Waals surface area contributed by atoms with Crippen molar-refractivity contribution in [3.63, 3.8) is 0 Å². The van der Waals surface area contributed by atoms with Crippen molar-refractivity contribution in [3.8, 4) is 12.3 Å². The van der Waals surface area contributed by atoms with Crippen LogP contribution in [0.5, 0.6) is 0 Å². The van der Waals surface area contributed by atoms with Crippen LogP contribution in [-0.2, 0) is 11.2 Å². The van der Waals surface area contributed by atoms with Crippen LogP contribution in [0.25, 0.3) is 11.1 Å². The number of benzene rings is 1. The molecule has 0 amide bonds. The Labute approximate surface area is 178 Å². The first-order valence-corrected chi connectivity index (χ1v) is 10.4. The second-order valence-corrected chi connectivity index (χ2v) is 7.51. The van der Waals surface area contributed by atoms with E-state index in [0.29, 0.717) is 24.7 Å². The molecule has 2 N–H and O–H groups in total. The maximum absolute atomic E-state index is 12.8. The molecular formula is C25H29N3O2. The van der Waals surface area contributed by atoms with E-state index >= 15 is 0 Å². The first kappa shape index (κ1) is 21.8. The highest BCUT2D eigenvalue weighted by atomic mass is 16.5. The summed E-state index contributed by atoms with van der Waals surface area (Å²) >= 11 is 0. The summed E-state index contributed by atoms with van der Waals surface area (Å²) in [5.41, 5.74) is 6.09. The lowest BCUT2D eigenvalue weighted by Crippen LogP contribution is -2.21. The van der Waals surface area contributed by atoms with Gasteiger partial charge in [0.15, 0.2) is 5.82 Å². The minimum atomic E-state index is -0.0676. The highest BCUT2D eigenvalue weighted by Crippen LogP contribution is 2.31. The van der Waals surface area contributed by atoms with Crippen molar-refractivity contribution < 1.29 is 9.53 Å². The maximum atomic E-state index is 12.8. The van der Waals surface area contributed by atoms with Gasteiger partial charge in [-0.15, -0.1) is 6.42 Å². The molecule has 3 rings (SSSR count).